The first kappa shape index (κ1) is 22.4. The zero-order valence-corrected chi connectivity index (χ0v) is 19.5. The number of fused-ring (bicyclic) bond motifs is 1. The standard InChI is InChI=1S/C23H26BrN5O3/c1-28-9-7-16(8-10-28)4-3-11-32-22-14-20-19(13-21(22)29(30)31)23(26-15-25-20)27-18-6-2-5-17(24)12-18/h2,5-6,12-16H,3-4,7-11H2,1H3,(H,25,26,27). The van der Waals surface area contributed by atoms with Gasteiger partial charge in [-0.3, -0.25) is 10.1 Å². The average molecular weight is 500 g/mol. The molecule has 0 saturated carbocycles. The van der Waals surface area contributed by atoms with Gasteiger partial charge in [-0.25, -0.2) is 9.97 Å². The van der Waals surface area contributed by atoms with E-state index < -0.39 is 4.92 Å². The molecule has 1 fully saturated rings. The van der Waals surface area contributed by atoms with Crippen molar-refractivity contribution in [3.05, 3.63) is 57.3 Å². The summed E-state index contributed by atoms with van der Waals surface area (Å²) in [5.74, 6) is 1.46. The molecular formula is C23H26BrN5O3. The van der Waals surface area contributed by atoms with Gasteiger partial charge >= 0.3 is 5.69 Å². The van der Waals surface area contributed by atoms with Gasteiger partial charge in [-0.1, -0.05) is 22.0 Å². The number of ether oxygens (including phenoxy) is 1. The number of aromatic nitrogens is 2. The normalized spacial score (nSPS) is 15.1. The van der Waals surface area contributed by atoms with E-state index in [4.69, 9.17) is 4.74 Å². The molecular weight excluding hydrogens is 474 g/mol. The second kappa shape index (κ2) is 10.2. The Morgan fingerprint density at radius 2 is 2.06 bits per heavy atom. The van der Waals surface area contributed by atoms with Crippen molar-refractivity contribution in [1.29, 1.82) is 0 Å². The lowest BCUT2D eigenvalue weighted by Crippen LogP contribution is -2.30. The van der Waals surface area contributed by atoms with Crippen LogP contribution in [0.3, 0.4) is 0 Å². The number of piperidine rings is 1. The van der Waals surface area contributed by atoms with E-state index in [2.05, 4.69) is 43.2 Å². The Balaban J connectivity index is 1.49. The van der Waals surface area contributed by atoms with Crippen molar-refractivity contribution in [2.75, 3.05) is 32.1 Å². The molecule has 0 atom stereocenters. The summed E-state index contributed by atoms with van der Waals surface area (Å²) in [6.45, 7) is 2.72. The number of nitro benzene ring substituents is 1. The fourth-order valence-corrected chi connectivity index (χ4v) is 4.44. The van der Waals surface area contributed by atoms with Crippen molar-refractivity contribution in [3.63, 3.8) is 0 Å². The van der Waals surface area contributed by atoms with Crippen LogP contribution in [-0.2, 0) is 0 Å². The summed E-state index contributed by atoms with van der Waals surface area (Å²) < 4.78 is 6.77. The van der Waals surface area contributed by atoms with Gasteiger partial charge in [0.1, 0.15) is 12.1 Å². The fraction of sp³-hybridized carbons (Fsp3) is 0.391. The third-order valence-electron chi connectivity index (χ3n) is 5.85. The molecule has 8 nitrogen and oxygen atoms in total. The highest BCUT2D eigenvalue weighted by Crippen LogP contribution is 2.35. The molecule has 0 radical (unpaired) electrons. The minimum absolute atomic E-state index is 0.0797. The minimum Gasteiger partial charge on any atom is -0.487 e. The SMILES string of the molecule is CN1CCC(CCCOc2cc3ncnc(Nc4cccc(Br)c4)c3cc2[N+](=O)[O-])CC1. The largest absolute Gasteiger partial charge is 0.487 e. The predicted molar refractivity (Wildman–Crippen MR) is 129 cm³/mol. The molecule has 1 aliphatic rings. The Kier molecular flexibility index (Phi) is 7.16. The molecule has 1 N–H and O–H groups in total. The van der Waals surface area contributed by atoms with Crippen molar-refractivity contribution in [1.82, 2.24) is 14.9 Å². The van der Waals surface area contributed by atoms with E-state index in [-0.39, 0.29) is 11.4 Å². The van der Waals surface area contributed by atoms with Crippen LogP contribution in [0, 0.1) is 16.0 Å². The third-order valence-corrected chi connectivity index (χ3v) is 6.35. The molecule has 9 heteroatoms. The number of anilines is 2. The lowest BCUT2D eigenvalue weighted by atomic mass is 9.93. The van der Waals surface area contributed by atoms with Crippen LogP contribution in [0.5, 0.6) is 5.75 Å². The summed E-state index contributed by atoms with van der Waals surface area (Å²) in [4.78, 5) is 22.3. The van der Waals surface area contributed by atoms with Crippen molar-refractivity contribution in [3.8, 4) is 5.75 Å². The van der Waals surface area contributed by atoms with Gasteiger partial charge < -0.3 is 15.0 Å². The number of nitrogens with one attached hydrogen (secondary N) is 1. The van der Waals surface area contributed by atoms with Crippen LogP contribution in [0.4, 0.5) is 17.2 Å². The van der Waals surface area contributed by atoms with E-state index in [0.29, 0.717) is 29.2 Å². The zero-order valence-electron chi connectivity index (χ0n) is 18.0. The number of nitrogens with zero attached hydrogens (tertiary/aromatic N) is 4. The molecule has 0 spiro atoms. The lowest BCUT2D eigenvalue weighted by Gasteiger charge is -2.28. The highest BCUT2D eigenvalue weighted by molar-refractivity contribution is 9.10. The summed E-state index contributed by atoms with van der Waals surface area (Å²) in [6.07, 6.45) is 5.81. The van der Waals surface area contributed by atoms with Gasteiger partial charge in [-0.05, 0) is 69.9 Å². The summed E-state index contributed by atoms with van der Waals surface area (Å²) in [5.41, 5.74) is 1.33. The van der Waals surface area contributed by atoms with E-state index in [1.807, 2.05) is 24.3 Å². The van der Waals surface area contributed by atoms with E-state index in [1.165, 1.54) is 25.2 Å². The molecule has 2 aromatic carbocycles. The maximum Gasteiger partial charge on any atom is 0.311 e. The van der Waals surface area contributed by atoms with E-state index in [1.54, 1.807) is 6.07 Å². The highest BCUT2D eigenvalue weighted by atomic mass is 79.9. The van der Waals surface area contributed by atoms with Crippen LogP contribution in [0.2, 0.25) is 0 Å². The quantitative estimate of drug-likeness (QED) is 0.246. The van der Waals surface area contributed by atoms with Gasteiger partial charge in [0.05, 0.1) is 22.4 Å². The number of likely N-dealkylation sites (tertiary alicyclic amines) is 1. The first-order valence-corrected chi connectivity index (χ1v) is 11.6. The first-order chi connectivity index (χ1) is 15.5. The van der Waals surface area contributed by atoms with Gasteiger partial charge in [-0.15, -0.1) is 0 Å². The average Bonchev–Trinajstić information content (AvgIpc) is 2.77. The molecule has 2 heterocycles. The molecule has 1 saturated heterocycles. The lowest BCUT2D eigenvalue weighted by molar-refractivity contribution is -0.385. The van der Waals surface area contributed by atoms with Gasteiger partial charge in [0.2, 0.25) is 0 Å². The molecule has 32 heavy (non-hydrogen) atoms. The molecule has 0 bridgehead atoms. The molecule has 168 valence electrons. The summed E-state index contributed by atoms with van der Waals surface area (Å²) >= 11 is 3.44. The maximum absolute atomic E-state index is 11.7. The summed E-state index contributed by atoms with van der Waals surface area (Å²) in [5, 5.41) is 15.5. The van der Waals surface area contributed by atoms with Crippen LogP contribution in [0.1, 0.15) is 25.7 Å². The predicted octanol–water partition coefficient (Wildman–Crippen LogP) is 5.54. The van der Waals surface area contributed by atoms with E-state index in [9.17, 15) is 10.1 Å². The second-order valence-electron chi connectivity index (χ2n) is 8.19. The fourth-order valence-electron chi connectivity index (χ4n) is 4.04. The molecule has 4 rings (SSSR count). The van der Waals surface area contributed by atoms with Crippen LogP contribution in [0.15, 0.2) is 47.2 Å². The maximum atomic E-state index is 11.7. The van der Waals surface area contributed by atoms with Gasteiger partial charge in [-0.2, -0.15) is 0 Å². The van der Waals surface area contributed by atoms with Crippen LogP contribution >= 0.6 is 15.9 Å². The Morgan fingerprint density at radius 1 is 1.25 bits per heavy atom. The Morgan fingerprint density at radius 3 is 2.81 bits per heavy atom. The number of nitro groups is 1. The number of rotatable bonds is 8. The minimum atomic E-state index is -0.415. The van der Waals surface area contributed by atoms with Crippen LogP contribution < -0.4 is 10.1 Å². The monoisotopic (exact) mass is 499 g/mol. The van der Waals surface area contributed by atoms with Crippen molar-refractivity contribution < 1.29 is 9.66 Å². The number of hydrogen-bond acceptors (Lipinski definition) is 7. The number of hydrogen-bond donors (Lipinski definition) is 1. The molecule has 1 aromatic heterocycles. The Hall–Kier alpha value is -2.78. The summed E-state index contributed by atoms with van der Waals surface area (Å²) in [7, 11) is 2.15. The molecule has 0 amide bonds. The number of halogens is 1. The number of benzene rings is 2. The molecule has 1 aliphatic heterocycles. The van der Waals surface area contributed by atoms with Crippen LogP contribution in [0.25, 0.3) is 10.9 Å². The zero-order chi connectivity index (χ0) is 22.5. The van der Waals surface area contributed by atoms with E-state index >= 15 is 0 Å². The first-order valence-electron chi connectivity index (χ1n) is 10.8. The van der Waals surface area contributed by atoms with Gasteiger partial charge in [0, 0.05) is 22.3 Å². The molecule has 0 aliphatic carbocycles. The van der Waals surface area contributed by atoms with Crippen LogP contribution in [-0.4, -0.2) is 46.5 Å². The topological polar surface area (TPSA) is 93.4 Å². The highest BCUT2D eigenvalue weighted by Gasteiger charge is 2.20. The molecule has 0 unspecified atom stereocenters. The Bertz CT molecular complexity index is 1100. The second-order valence-corrected chi connectivity index (χ2v) is 9.10. The van der Waals surface area contributed by atoms with Crippen molar-refractivity contribution >= 4 is 44.0 Å². The van der Waals surface area contributed by atoms with Gasteiger partial charge in [0.25, 0.3) is 0 Å². The van der Waals surface area contributed by atoms with Gasteiger partial charge in [0.15, 0.2) is 5.75 Å². The van der Waals surface area contributed by atoms with E-state index in [0.717, 1.165) is 36.1 Å². The van der Waals surface area contributed by atoms with Crippen molar-refractivity contribution in [2.45, 2.75) is 25.7 Å². The molecule has 3 aromatic rings. The van der Waals surface area contributed by atoms with Crippen molar-refractivity contribution in [2.24, 2.45) is 5.92 Å². The summed E-state index contributed by atoms with van der Waals surface area (Å²) in [6, 6.07) is 10.7. The third kappa shape index (κ3) is 5.52. The Labute approximate surface area is 195 Å². The smallest absolute Gasteiger partial charge is 0.311 e.